The Bertz CT molecular complexity index is 283. The van der Waals surface area contributed by atoms with Crippen LogP contribution >= 0.6 is 0 Å². The van der Waals surface area contributed by atoms with E-state index in [1.54, 1.807) is 0 Å². The molecule has 0 spiro atoms. The Labute approximate surface area is 79.1 Å². The molecule has 6 nitrogen and oxygen atoms in total. The largest absolute Gasteiger partial charge is 0.414 e. The molecule has 0 aromatic carbocycles. The van der Waals surface area contributed by atoms with Crippen LogP contribution in [-0.4, -0.2) is 35.2 Å². The number of carbonyl (C=O) groups is 3. The molecule has 1 N–H and O–H groups in total. The summed E-state index contributed by atoms with van der Waals surface area (Å²) in [5, 5.41) is 8.88. The van der Waals surface area contributed by atoms with Crippen LogP contribution in [0.15, 0.2) is 12.2 Å². The lowest BCUT2D eigenvalue weighted by atomic mass is 10.2. The topological polar surface area (TPSA) is 89.9 Å². The van der Waals surface area contributed by atoms with Crippen LogP contribution in [0.3, 0.4) is 0 Å². The molecule has 76 valence electrons. The van der Waals surface area contributed by atoms with Crippen molar-refractivity contribution in [1.82, 2.24) is 0 Å². The predicted molar refractivity (Wildman–Crippen MR) is 41.8 cm³/mol. The second-order valence-electron chi connectivity index (χ2n) is 2.62. The van der Waals surface area contributed by atoms with E-state index >= 15 is 0 Å². The molecule has 1 aliphatic rings. The van der Waals surface area contributed by atoms with E-state index in [1.807, 2.05) is 0 Å². The molecule has 0 bridgehead atoms. The molecule has 1 aliphatic heterocycles. The lowest BCUT2D eigenvalue weighted by molar-refractivity contribution is -0.187. The van der Waals surface area contributed by atoms with Crippen LogP contribution in [0.2, 0.25) is 0 Å². The number of esters is 2. The lowest BCUT2D eigenvalue weighted by Crippen LogP contribution is -2.36. The van der Waals surface area contributed by atoms with Crippen LogP contribution in [0.1, 0.15) is 6.92 Å². The number of rotatable bonds is 2. The summed E-state index contributed by atoms with van der Waals surface area (Å²) in [5.41, 5.74) is 0. The van der Waals surface area contributed by atoms with Crippen LogP contribution < -0.4 is 0 Å². The third kappa shape index (κ3) is 2.40. The van der Waals surface area contributed by atoms with Crippen LogP contribution in [0.4, 0.5) is 0 Å². The molecule has 0 aliphatic carbocycles. The average Bonchev–Trinajstić information content (AvgIpc) is 2.27. The van der Waals surface area contributed by atoms with Gasteiger partial charge in [-0.25, -0.2) is 9.59 Å². The third-order valence-electron chi connectivity index (χ3n) is 1.45. The zero-order valence-corrected chi connectivity index (χ0v) is 7.30. The van der Waals surface area contributed by atoms with Crippen molar-refractivity contribution in [3.63, 3.8) is 0 Å². The number of hydrogen-bond donors (Lipinski definition) is 1. The van der Waals surface area contributed by atoms with E-state index in [1.165, 1.54) is 6.92 Å². The number of aliphatic hydroxyl groups is 1. The van der Waals surface area contributed by atoms with Crippen molar-refractivity contribution in [2.75, 3.05) is 0 Å². The first-order valence-electron chi connectivity index (χ1n) is 3.82. The van der Waals surface area contributed by atoms with Gasteiger partial charge in [0, 0.05) is 12.2 Å². The van der Waals surface area contributed by atoms with Crippen molar-refractivity contribution in [3.05, 3.63) is 12.2 Å². The van der Waals surface area contributed by atoms with Gasteiger partial charge in [-0.05, 0) is 6.92 Å². The highest BCUT2D eigenvalue weighted by molar-refractivity contribution is 5.97. The highest BCUT2D eigenvalue weighted by atomic mass is 16.7. The minimum absolute atomic E-state index is 0.845. The van der Waals surface area contributed by atoms with Gasteiger partial charge >= 0.3 is 18.2 Å². The summed E-state index contributed by atoms with van der Waals surface area (Å²) in [7, 11) is 0. The number of carbonyl (C=O) groups excluding carboxylic acids is 3. The molecule has 0 fully saturated rings. The van der Waals surface area contributed by atoms with E-state index < -0.39 is 30.1 Å². The lowest BCUT2D eigenvalue weighted by Gasteiger charge is -2.14. The monoisotopic (exact) mass is 200 g/mol. The Morgan fingerprint density at radius 1 is 1.36 bits per heavy atom. The highest BCUT2D eigenvalue weighted by Gasteiger charge is 2.30. The van der Waals surface area contributed by atoms with Crippen LogP contribution in [0, 0.1) is 0 Å². The Balaban J connectivity index is 2.76. The summed E-state index contributed by atoms with van der Waals surface area (Å²) in [4.78, 5) is 32.7. The Morgan fingerprint density at radius 2 is 1.79 bits per heavy atom. The zero-order valence-electron chi connectivity index (χ0n) is 7.30. The summed E-state index contributed by atoms with van der Waals surface area (Å²) in [6, 6.07) is 0. The van der Waals surface area contributed by atoms with Gasteiger partial charge in [-0.2, -0.15) is 0 Å². The van der Waals surface area contributed by atoms with Gasteiger partial charge in [0.05, 0.1) is 0 Å². The SMILES string of the molecule is CC(O)C(=O)C1OC(=O)C=CC(=O)O1. The van der Waals surface area contributed by atoms with Gasteiger partial charge in [-0.1, -0.05) is 0 Å². The maximum atomic E-state index is 11.1. The van der Waals surface area contributed by atoms with E-state index in [-0.39, 0.29) is 0 Å². The fraction of sp³-hybridized carbons (Fsp3) is 0.375. The minimum atomic E-state index is -1.66. The predicted octanol–water partition coefficient (Wildman–Crippen LogP) is -1.08. The van der Waals surface area contributed by atoms with Crippen molar-refractivity contribution in [3.8, 4) is 0 Å². The van der Waals surface area contributed by atoms with Crippen molar-refractivity contribution in [2.24, 2.45) is 0 Å². The molecule has 0 aromatic rings. The summed E-state index contributed by atoms with van der Waals surface area (Å²) in [6.07, 6.45) is -1.33. The van der Waals surface area contributed by atoms with Crippen molar-refractivity contribution < 1.29 is 29.0 Å². The molecular weight excluding hydrogens is 192 g/mol. The molecule has 6 heteroatoms. The molecule has 0 amide bonds. The number of aliphatic hydroxyl groups excluding tert-OH is 1. The molecule has 0 saturated carbocycles. The van der Waals surface area contributed by atoms with Crippen LogP contribution in [0.25, 0.3) is 0 Å². The molecule has 1 unspecified atom stereocenters. The van der Waals surface area contributed by atoms with Gasteiger partial charge in [0.15, 0.2) is 0 Å². The highest BCUT2D eigenvalue weighted by Crippen LogP contribution is 2.06. The Kier molecular flexibility index (Phi) is 2.98. The summed E-state index contributed by atoms with van der Waals surface area (Å²) >= 11 is 0. The Hall–Kier alpha value is -1.69. The maximum absolute atomic E-state index is 11.1. The van der Waals surface area contributed by atoms with E-state index in [4.69, 9.17) is 5.11 Å². The van der Waals surface area contributed by atoms with Gasteiger partial charge in [0.25, 0.3) is 0 Å². The summed E-state index contributed by atoms with van der Waals surface area (Å²) in [5.74, 6) is -2.61. The molecular formula is C8H8O6. The molecule has 0 aromatic heterocycles. The van der Waals surface area contributed by atoms with Gasteiger partial charge in [-0.3, -0.25) is 4.79 Å². The van der Waals surface area contributed by atoms with Crippen LogP contribution in [-0.2, 0) is 23.9 Å². The second-order valence-corrected chi connectivity index (χ2v) is 2.62. The van der Waals surface area contributed by atoms with Crippen molar-refractivity contribution >= 4 is 17.7 Å². The van der Waals surface area contributed by atoms with E-state index in [2.05, 4.69) is 9.47 Å². The first kappa shape index (κ1) is 10.4. The molecule has 1 heterocycles. The number of ether oxygens (including phenoxy) is 2. The first-order valence-corrected chi connectivity index (χ1v) is 3.82. The van der Waals surface area contributed by atoms with Crippen molar-refractivity contribution in [2.45, 2.75) is 19.3 Å². The number of cyclic esters (lactones) is 2. The fourth-order valence-electron chi connectivity index (χ4n) is 0.763. The molecule has 1 rings (SSSR count). The van der Waals surface area contributed by atoms with E-state index in [0.29, 0.717) is 0 Å². The normalized spacial score (nSPS) is 19.6. The van der Waals surface area contributed by atoms with Gasteiger partial charge in [0.2, 0.25) is 5.78 Å². The minimum Gasteiger partial charge on any atom is -0.414 e. The standard InChI is InChI=1S/C8H8O6/c1-4(9)7(12)8-13-5(10)2-3-6(11)14-8/h2-4,8-9H,1H3. The van der Waals surface area contributed by atoms with Gasteiger partial charge in [0.1, 0.15) is 6.10 Å². The van der Waals surface area contributed by atoms with Gasteiger partial charge in [-0.15, -0.1) is 0 Å². The average molecular weight is 200 g/mol. The summed E-state index contributed by atoms with van der Waals surface area (Å²) < 4.78 is 8.85. The number of ketones is 1. The zero-order chi connectivity index (χ0) is 10.7. The van der Waals surface area contributed by atoms with Crippen LogP contribution in [0.5, 0.6) is 0 Å². The first-order chi connectivity index (χ1) is 6.50. The summed E-state index contributed by atoms with van der Waals surface area (Å²) in [6.45, 7) is 1.18. The van der Waals surface area contributed by atoms with Crippen molar-refractivity contribution in [1.29, 1.82) is 0 Å². The van der Waals surface area contributed by atoms with Gasteiger partial charge < -0.3 is 14.6 Å². The maximum Gasteiger partial charge on any atom is 0.334 e. The number of Topliss-reactive ketones (excluding diaryl/α,β-unsaturated/α-hetero) is 1. The Morgan fingerprint density at radius 3 is 2.14 bits per heavy atom. The molecule has 1 atom stereocenters. The molecule has 0 radical (unpaired) electrons. The smallest absolute Gasteiger partial charge is 0.334 e. The second kappa shape index (κ2) is 4.01. The van der Waals surface area contributed by atoms with E-state index in [9.17, 15) is 14.4 Å². The third-order valence-corrected chi connectivity index (χ3v) is 1.45. The molecule has 0 saturated heterocycles. The number of hydrogen-bond acceptors (Lipinski definition) is 6. The van der Waals surface area contributed by atoms with E-state index in [0.717, 1.165) is 12.2 Å². The quantitative estimate of drug-likeness (QED) is 0.570. The molecule has 14 heavy (non-hydrogen) atoms. The fourth-order valence-corrected chi connectivity index (χ4v) is 0.763.